The molecule has 0 aromatic carbocycles. The van der Waals surface area contributed by atoms with E-state index in [1.54, 1.807) is 0 Å². The van der Waals surface area contributed by atoms with E-state index in [0.717, 1.165) is 44.9 Å². The molecule has 1 atom stereocenters. The zero-order valence-electron chi connectivity index (χ0n) is 20.3. The van der Waals surface area contributed by atoms with Crippen LogP contribution in [0.1, 0.15) is 97.3 Å². The van der Waals surface area contributed by atoms with Crippen molar-refractivity contribution in [2.24, 2.45) is 0 Å². The van der Waals surface area contributed by atoms with Crippen LogP contribution in [0, 0.1) is 0 Å². The predicted molar refractivity (Wildman–Crippen MR) is 128 cm³/mol. The van der Waals surface area contributed by atoms with Crippen molar-refractivity contribution in [2.75, 3.05) is 13.2 Å². The van der Waals surface area contributed by atoms with Gasteiger partial charge < -0.3 is 19.3 Å². The van der Waals surface area contributed by atoms with Crippen molar-refractivity contribution < 1.29 is 37.9 Å². The number of ether oxygens (including phenoxy) is 2. The van der Waals surface area contributed by atoms with Crippen LogP contribution in [-0.2, 0) is 28.2 Å². The average molecular weight is 491 g/mol. The molecule has 0 radical (unpaired) electrons. The molecule has 0 saturated heterocycles. The first-order valence-corrected chi connectivity index (χ1v) is 13.7. The number of hydrogen-bond donors (Lipinski definition) is 2. The fourth-order valence-corrected chi connectivity index (χ4v) is 3.25. The Kier molecular flexibility index (Phi) is 20.1. The Bertz CT molecular complexity index is 612. The summed E-state index contributed by atoms with van der Waals surface area (Å²) in [5.41, 5.74) is 0. The topological polar surface area (TPSA) is 119 Å². The van der Waals surface area contributed by atoms with Crippen molar-refractivity contribution in [3.05, 3.63) is 24.3 Å². The molecular weight excluding hydrogens is 447 g/mol. The third-order valence-corrected chi connectivity index (χ3v) is 5.18. The van der Waals surface area contributed by atoms with Gasteiger partial charge in [-0.3, -0.25) is 14.1 Å². The zero-order chi connectivity index (χ0) is 24.8. The Balaban J connectivity index is 3.96. The molecule has 0 aliphatic heterocycles. The number of phosphoric acid groups is 1. The van der Waals surface area contributed by atoms with Crippen LogP contribution in [0.3, 0.4) is 0 Å². The molecule has 0 aromatic rings. The molecule has 0 aromatic heterocycles. The fraction of sp³-hybridized carbons (Fsp3) is 0.750. The van der Waals surface area contributed by atoms with Crippen LogP contribution >= 0.6 is 7.82 Å². The van der Waals surface area contributed by atoms with Gasteiger partial charge in [-0.15, -0.1) is 0 Å². The second-order valence-corrected chi connectivity index (χ2v) is 9.20. The van der Waals surface area contributed by atoms with Crippen molar-refractivity contribution in [1.29, 1.82) is 0 Å². The largest absolute Gasteiger partial charge is 0.469 e. The van der Waals surface area contributed by atoms with Crippen LogP contribution in [0.2, 0.25) is 0 Å². The number of allylic oxidation sites excluding steroid dienone is 4. The van der Waals surface area contributed by atoms with Gasteiger partial charge in [0.1, 0.15) is 6.61 Å². The van der Waals surface area contributed by atoms with E-state index in [4.69, 9.17) is 19.3 Å². The summed E-state index contributed by atoms with van der Waals surface area (Å²) in [4.78, 5) is 41.2. The maximum absolute atomic E-state index is 12.0. The Hall–Kier alpha value is -1.47. The van der Waals surface area contributed by atoms with Gasteiger partial charge in [-0.25, -0.2) is 4.57 Å². The highest BCUT2D eigenvalue weighted by atomic mass is 31.2. The normalized spacial score (nSPS) is 13.0. The summed E-state index contributed by atoms with van der Waals surface area (Å²) < 4.78 is 25.5. The highest BCUT2D eigenvalue weighted by Gasteiger charge is 2.22. The molecule has 0 spiro atoms. The Labute approximate surface area is 199 Å². The Morgan fingerprint density at radius 1 is 0.788 bits per heavy atom. The molecule has 0 bridgehead atoms. The lowest BCUT2D eigenvalue weighted by Gasteiger charge is -2.18. The third kappa shape index (κ3) is 23.5. The van der Waals surface area contributed by atoms with Gasteiger partial charge in [-0.2, -0.15) is 0 Å². The van der Waals surface area contributed by atoms with E-state index in [1.807, 2.05) is 6.92 Å². The first-order chi connectivity index (χ1) is 15.8. The summed E-state index contributed by atoms with van der Waals surface area (Å²) in [6.45, 7) is 3.17. The van der Waals surface area contributed by atoms with Crippen LogP contribution < -0.4 is 0 Å². The molecule has 192 valence electrons. The summed E-state index contributed by atoms with van der Waals surface area (Å²) >= 11 is 0. The Morgan fingerprint density at radius 3 is 2.06 bits per heavy atom. The molecule has 9 heteroatoms. The van der Waals surface area contributed by atoms with Crippen LogP contribution in [0.4, 0.5) is 0 Å². The van der Waals surface area contributed by atoms with Crippen LogP contribution in [0.25, 0.3) is 0 Å². The molecule has 1 unspecified atom stereocenters. The molecule has 33 heavy (non-hydrogen) atoms. The molecule has 8 nitrogen and oxygen atoms in total. The van der Waals surface area contributed by atoms with Crippen molar-refractivity contribution in [1.82, 2.24) is 0 Å². The number of hydrogen-bond acceptors (Lipinski definition) is 6. The number of esters is 2. The molecule has 0 heterocycles. The van der Waals surface area contributed by atoms with Crippen molar-refractivity contribution in [2.45, 2.75) is 103 Å². The van der Waals surface area contributed by atoms with Gasteiger partial charge in [0.15, 0.2) is 6.10 Å². The summed E-state index contributed by atoms with van der Waals surface area (Å²) in [7, 11) is -4.72. The molecule has 2 N–H and O–H groups in total. The Morgan fingerprint density at radius 2 is 1.42 bits per heavy atom. The minimum atomic E-state index is -4.72. The minimum Gasteiger partial charge on any atom is -0.462 e. The van der Waals surface area contributed by atoms with Crippen molar-refractivity contribution >= 4 is 19.8 Å². The van der Waals surface area contributed by atoms with Gasteiger partial charge in [0, 0.05) is 12.8 Å². The molecule has 0 aliphatic rings. The molecular formula is C24H43O8P. The van der Waals surface area contributed by atoms with E-state index in [2.05, 4.69) is 35.8 Å². The van der Waals surface area contributed by atoms with E-state index < -0.39 is 32.5 Å². The third-order valence-electron chi connectivity index (χ3n) is 4.69. The van der Waals surface area contributed by atoms with Gasteiger partial charge in [0.25, 0.3) is 0 Å². The monoisotopic (exact) mass is 490 g/mol. The highest BCUT2D eigenvalue weighted by Crippen LogP contribution is 2.35. The smallest absolute Gasteiger partial charge is 0.462 e. The van der Waals surface area contributed by atoms with E-state index in [0.29, 0.717) is 12.8 Å². The van der Waals surface area contributed by atoms with E-state index in [9.17, 15) is 14.2 Å². The summed E-state index contributed by atoms with van der Waals surface area (Å²) in [5, 5.41) is 0. The van der Waals surface area contributed by atoms with Crippen LogP contribution in [0.15, 0.2) is 24.3 Å². The van der Waals surface area contributed by atoms with Crippen LogP contribution in [-0.4, -0.2) is 41.0 Å². The van der Waals surface area contributed by atoms with Gasteiger partial charge in [0.2, 0.25) is 0 Å². The highest BCUT2D eigenvalue weighted by molar-refractivity contribution is 7.46. The summed E-state index contributed by atoms with van der Waals surface area (Å²) in [6.07, 6.45) is 19.3. The number of carbonyl (C=O) groups excluding carboxylic acids is 2. The van der Waals surface area contributed by atoms with Gasteiger partial charge >= 0.3 is 19.8 Å². The quantitative estimate of drug-likeness (QED) is 0.0900. The molecule has 0 fully saturated rings. The maximum atomic E-state index is 12.0. The molecule has 0 amide bonds. The minimum absolute atomic E-state index is 0.194. The zero-order valence-corrected chi connectivity index (χ0v) is 21.2. The van der Waals surface area contributed by atoms with E-state index in [-0.39, 0.29) is 19.4 Å². The summed E-state index contributed by atoms with van der Waals surface area (Å²) in [5.74, 6) is -0.969. The molecule has 0 aliphatic carbocycles. The fourth-order valence-electron chi connectivity index (χ4n) is 2.89. The lowest BCUT2D eigenvalue weighted by Crippen LogP contribution is -2.29. The first kappa shape index (κ1) is 31.5. The summed E-state index contributed by atoms with van der Waals surface area (Å²) in [6, 6.07) is 0. The lowest BCUT2D eigenvalue weighted by atomic mass is 10.1. The predicted octanol–water partition coefficient (Wildman–Crippen LogP) is 5.77. The second kappa shape index (κ2) is 21.1. The van der Waals surface area contributed by atoms with E-state index >= 15 is 0 Å². The SMILES string of the molecule is CCCC/C=C\C/C=C\CCCCCCCC(=O)OC(COC(=O)CCC)COP(=O)(O)O. The number of unbranched alkanes of at least 4 members (excludes halogenated alkanes) is 7. The number of phosphoric ester groups is 1. The molecule has 0 saturated carbocycles. The van der Waals surface area contributed by atoms with Crippen molar-refractivity contribution in [3.8, 4) is 0 Å². The van der Waals surface area contributed by atoms with Gasteiger partial charge in [-0.1, -0.05) is 70.3 Å². The van der Waals surface area contributed by atoms with Crippen LogP contribution in [0.5, 0.6) is 0 Å². The van der Waals surface area contributed by atoms with Gasteiger partial charge in [0.05, 0.1) is 6.61 Å². The lowest BCUT2D eigenvalue weighted by molar-refractivity contribution is -0.161. The first-order valence-electron chi connectivity index (χ1n) is 12.1. The van der Waals surface area contributed by atoms with Gasteiger partial charge in [-0.05, 0) is 38.5 Å². The maximum Gasteiger partial charge on any atom is 0.469 e. The number of carbonyl (C=O) groups is 2. The van der Waals surface area contributed by atoms with Crippen molar-refractivity contribution in [3.63, 3.8) is 0 Å². The standard InChI is InChI=1S/C24H43O8P/c1-3-5-6-7-8-9-10-11-12-13-14-15-16-17-19-24(26)32-22(21-31-33(27,28)29)20-30-23(25)18-4-2/h7-8,10-11,22H,3-6,9,12-21H2,1-2H3,(H2,27,28,29)/b8-7-,11-10-. The van der Waals surface area contributed by atoms with E-state index in [1.165, 1.54) is 12.8 Å². The second-order valence-electron chi connectivity index (χ2n) is 7.96. The average Bonchev–Trinajstić information content (AvgIpc) is 2.75. The number of rotatable bonds is 21. The molecule has 0 rings (SSSR count).